The normalized spacial score (nSPS) is 16.1. The maximum Gasteiger partial charge on any atom is 0.242 e. The molecule has 0 amide bonds. The molecule has 0 spiro atoms. The predicted octanol–water partition coefficient (Wildman–Crippen LogP) is 2.84. The first-order chi connectivity index (χ1) is 9.24. The van der Waals surface area contributed by atoms with Crippen LogP contribution < -0.4 is 15.8 Å². The first kappa shape index (κ1) is 13.9. The molecule has 0 radical (unpaired) electrons. The first-order valence-corrected chi connectivity index (χ1v) is 7.24. The second-order valence-corrected chi connectivity index (χ2v) is 5.22. The number of nitrogens with two attached hydrogens (primary N) is 1. The highest BCUT2D eigenvalue weighted by Crippen LogP contribution is 2.35. The molecule has 0 bridgehead atoms. The van der Waals surface area contributed by atoms with Gasteiger partial charge in [-0.05, 0) is 25.2 Å². The Morgan fingerprint density at radius 2 is 2.21 bits per heavy atom. The molecule has 1 unspecified atom stereocenters. The van der Waals surface area contributed by atoms with Crippen molar-refractivity contribution in [2.75, 3.05) is 17.7 Å². The molecule has 106 valence electrons. The zero-order valence-corrected chi connectivity index (χ0v) is 11.9. The van der Waals surface area contributed by atoms with Crippen LogP contribution in [0.25, 0.3) is 0 Å². The molecular formula is C14H24N4O. The zero-order chi connectivity index (χ0) is 13.7. The van der Waals surface area contributed by atoms with Gasteiger partial charge in [-0.1, -0.05) is 26.7 Å². The Kier molecular flexibility index (Phi) is 4.82. The van der Waals surface area contributed by atoms with E-state index in [4.69, 9.17) is 10.5 Å². The number of ether oxygens (including phenoxy) is 1. The summed E-state index contributed by atoms with van der Waals surface area (Å²) in [6.07, 6.45) is 7.44. The van der Waals surface area contributed by atoms with Crippen LogP contribution in [0.15, 0.2) is 6.33 Å². The average molecular weight is 264 g/mol. The van der Waals surface area contributed by atoms with E-state index in [0.717, 1.165) is 18.8 Å². The number of anilines is 2. The van der Waals surface area contributed by atoms with Crippen molar-refractivity contribution in [1.82, 2.24) is 9.97 Å². The molecule has 5 nitrogen and oxygen atoms in total. The van der Waals surface area contributed by atoms with E-state index in [2.05, 4.69) is 29.1 Å². The Morgan fingerprint density at radius 1 is 1.42 bits per heavy atom. The molecule has 2 rings (SSSR count). The van der Waals surface area contributed by atoms with E-state index in [-0.39, 0.29) is 0 Å². The van der Waals surface area contributed by atoms with Gasteiger partial charge in [-0.3, -0.25) is 0 Å². The molecule has 1 atom stereocenters. The van der Waals surface area contributed by atoms with Crippen LogP contribution in [0.3, 0.4) is 0 Å². The van der Waals surface area contributed by atoms with Crippen molar-refractivity contribution in [1.29, 1.82) is 0 Å². The van der Waals surface area contributed by atoms with Gasteiger partial charge in [0, 0.05) is 6.04 Å². The number of nitrogen functional groups attached to an aromatic ring is 1. The lowest BCUT2D eigenvalue weighted by molar-refractivity contribution is 0.306. The summed E-state index contributed by atoms with van der Waals surface area (Å²) < 4.78 is 5.52. The van der Waals surface area contributed by atoms with Crippen LogP contribution in [0.1, 0.15) is 46.0 Å². The minimum Gasteiger partial charge on any atom is -0.476 e. The highest BCUT2D eigenvalue weighted by molar-refractivity contribution is 5.66. The van der Waals surface area contributed by atoms with E-state index < -0.39 is 0 Å². The van der Waals surface area contributed by atoms with Gasteiger partial charge < -0.3 is 15.8 Å². The average Bonchev–Trinajstić information content (AvgIpc) is 3.22. The molecule has 3 N–H and O–H groups in total. The SMILES string of the molecule is CCCOc1ncnc(NC(CC)CC2CC2)c1N. The van der Waals surface area contributed by atoms with Crippen molar-refractivity contribution in [3.05, 3.63) is 6.33 Å². The van der Waals surface area contributed by atoms with Gasteiger partial charge in [-0.25, -0.2) is 4.98 Å². The van der Waals surface area contributed by atoms with E-state index in [9.17, 15) is 0 Å². The third-order valence-corrected chi connectivity index (χ3v) is 3.44. The number of aromatic nitrogens is 2. The fourth-order valence-electron chi connectivity index (χ4n) is 2.09. The summed E-state index contributed by atoms with van der Waals surface area (Å²) in [5, 5.41) is 3.43. The molecule has 0 saturated heterocycles. The first-order valence-electron chi connectivity index (χ1n) is 7.24. The molecule has 0 aromatic carbocycles. The number of rotatable bonds is 8. The molecule has 1 saturated carbocycles. The van der Waals surface area contributed by atoms with Crippen molar-refractivity contribution in [3.63, 3.8) is 0 Å². The third-order valence-electron chi connectivity index (χ3n) is 3.44. The van der Waals surface area contributed by atoms with Gasteiger partial charge >= 0.3 is 0 Å². The van der Waals surface area contributed by atoms with E-state index in [1.807, 2.05) is 0 Å². The Labute approximate surface area is 115 Å². The van der Waals surface area contributed by atoms with Gasteiger partial charge in [0.25, 0.3) is 0 Å². The van der Waals surface area contributed by atoms with E-state index in [1.165, 1.54) is 25.6 Å². The smallest absolute Gasteiger partial charge is 0.242 e. The monoisotopic (exact) mass is 264 g/mol. The van der Waals surface area contributed by atoms with Gasteiger partial charge in [0.15, 0.2) is 5.82 Å². The van der Waals surface area contributed by atoms with E-state index >= 15 is 0 Å². The maximum atomic E-state index is 6.06. The van der Waals surface area contributed by atoms with Crippen molar-refractivity contribution >= 4 is 11.5 Å². The lowest BCUT2D eigenvalue weighted by atomic mass is 10.1. The van der Waals surface area contributed by atoms with Crippen LogP contribution in [0.5, 0.6) is 5.88 Å². The van der Waals surface area contributed by atoms with E-state index in [0.29, 0.717) is 30.0 Å². The van der Waals surface area contributed by atoms with Gasteiger partial charge in [-0.15, -0.1) is 0 Å². The topological polar surface area (TPSA) is 73.1 Å². The lowest BCUT2D eigenvalue weighted by Crippen LogP contribution is -2.21. The minimum absolute atomic E-state index is 0.434. The molecule has 1 fully saturated rings. The molecule has 1 aliphatic carbocycles. The summed E-state index contributed by atoms with van der Waals surface area (Å²) in [4.78, 5) is 8.32. The summed E-state index contributed by atoms with van der Waals surface area (Å²) in [5.41, 5.74) is 6.58. The molecule has 5 heteroatoms. The maximum absolute atomic E-state index is 6.06. The van der Waals surface area contributed by atoms with Crippen LogP contribution in [-0.2, 0) is 0 Å². The molecule has 0 aliphatic heterocycles. The Bertz CT molecular complexity index is 406. The highest BCUT2D eigenvalue weighted by Gasteiger charge is 2.25. The van der Waals surface area contributed by atoms with Crippen molar-refractivity contribution in [2.24, 2.45) is 5.92 Å². The number of nitrogens with zero attached hydrogens (tertiary/aromatic N) is 2. The Balaban J connectivity index is 2.01. The Hall–Kier alpha value is -1.52. The second kappa shape index (κ2) is 6.59. The quantitative estimate of drug-likeness (QED) is 0.755. The van der Waals surface area contributed by atoms with Gasteiger partial charge in [0.2, 0.25) is 5.88 Å². The standard InChI is InChI=1S/C14H24N4O/c1-3-7-19-14-12(15)13(16-9-17-14)18-11(4-2)8-10-5-6-10/h9-11H,3-8,15H2,1-2H3,(H,16,17,18). The summed E-state index contributed by atoms with van der Waals surface area (Å²) in [6, 6.07) is 0.434. The third kappa shape index (κ3) is 3.98. The van der Waals surface area contributed by atoms with Crippen molar-refractivity contribution < 1.29 is 4.74 Å². The molecule has 1 heterocycles. The Morgan fingerprint density at radius 3 is 2.84 bits per heavy atom. The molecular weight excluding hydrogens is 240 g/mol. The molecule has 1 aliphatic rings. The predicted molar refractivity (Wildman–Crippen MR) is 77.3 cm³/mol. The lowest BCUT2D eigenvalue weighted by Gasteiger charge is -2.19. The van der Waals surface area contributed by atoms with Gasteiger partial charge in [-0.2, -0.15) is 4.98 Å². The van der Waals surface area contributed by atoms with Gasteiger partial charge in [0.1, 0.15) is 12.0 Å². The summed E-state index contributed by atoms with van der Waals surface area (Å²) in [5.74, 6) is 2.07. The molecule has 1 aromatic heterocycles. The summed E-state index contributed by atoms with van der Waals surface area (Å²) in [7, 11) is 0. The van der Waals surface area contributed by atoms with Crippen molar-refractivity contribution in [3.8, 4) is 5.88 Å². The fraction of sp³-hybridized carbons (Fsp3) is 0.714. The van der Waals surface area contributed by atoms with Crippen LogP contribution in [0.4, 0.5) is 11.5 Å². The molecule has 1 aromatic rings. The minimum atomic E-state index is 0.434. The van der Waals surface area contributed by atoms with Crippen LogP contribution in [0, 0.1) is 5.92 Å². The number of nitrogens with one attached hydrogen (secondary N) is 1. The van der Waals surface area contributed by atoms with Crippen LogP contribution in [-0.4, -0.2) is 22.6 Å². The summed E-state index contributed by atoms with van der Waals surface area (Å²) >= 11 is 0. The highest BCUT2D eigenvalue weighted by atomic mass is 16.5. The van der Waals surface area contributed by atoms with Crippen LogP contribution in [0.2, 0.25) is 0 Å². The second-order valence-electron chi connectivity index (χ2n) is 5.22. The van der Waals surface area contributed by atoms with Crippen LogP contribution >= 0.6 is 0 Å². The zero-order valence-electron chi connectivity index (χ0n) is 11.9. The largest absolute Gasteiger partial charge is 0.476 e. The molecule has 19 heavy (non-hydrogen) atoms. The van der Waals surface area contributed by atoms with Crippen molar-refractivity contribution in [2.45, 2.75) is 52.0 Å². The fourth-order valence-corrected chi connectivity index (χ4v) is 2.09. The summed E-state index contributed by atoms with van der Waals surface area (Å²) in [6.45, 7) is 4.87. The van der Waals surface area contributed by atoms with E-state index in [1.54, 1.807) is 0 Å². The number of hydrogen-bond acceptors (Lipinski definition) is 5. The number of hydrogen-bond donors (Lipinski definition) is 2. The van der Waals surface area contributed by atoms with Gasteiger partial charge in [0.05, 0.1) is 6.61 Å².